The molecule has 0 spiro atoms. The van der Waals surface area contributed by atoms with E-state index < -0.39 is 5.60 Å². The maximum absolute atomic E-state index is 11.9. The van der Waals surface area contributed by atoms with Gasteiger partial charge in [0, 0.05) is 13.3 Å². The molecule has 1 atom stereocenters. The van der Waals surface area contributed by atoms with E-state index in [0.717, 1.165) is 0 Å². The molecule has 1 heterocycles. The fourth-order valence-electron chi connectivity index (χ4n) is 1.17. The number of carbonyl (C=O) groups excluding carboxylic acids is 1. The molecule has 0 aliphatic rings. The standard InChI is InChI=1S/C11H17N3O2/c1-4-11(2,16-3)10(15)14-9-5-6-13-7-8(9)12/h5-7H,4,12H2,1-3H3,(H,13,14,15). The predicted octanol–water partition coefficient (Wildman–Crippen LogP) is 1.42. The molecule has 1 rings (SSSR count). The molecule has 1 aromatic rings. The van der Waals surface area contributed by atoms with E-state index >= 15 is 0 Å². The largest absolute Gasteiger partial charge is 0.396 e. The molecule has 0 saturated carbocycles. The molecule has 1 unspecified atom stereocenters. The SMILES string of the molecule is CCC(C)(OC)C(=O)Nc1ccncc1N. The molecule has 0 aliphatic carbocycles. The van der Waals surface area contributed by atoms with Gasteiger partial charge < -0.3 is 15.8 Å². The molecule has 1 amide bonds. The number of amides is 1. The number of nitrogens with two attached hydrogens (primary N) is 1. The van der Waals surface area contributed by atoms with Gasteiger partial charge in [-0.25, -0.2) is 0 Å². The summed E-state index contributed by atoms with van der Waals surface area (Å²) in [5.41, 5.74) is 5.83. The highest BCUT2D eigenvalue weighted by Crippen LogP contribution is 2.20. The summed E-state index contributed by atoms with van der Waals surface area (Å²) in [6, 6.07) is 1.65. The van der Waals surface area contributed by atoms with Gasteiger partial charge in [0.15, 0.2) is 0 Å². The summed E-state index contributed by atoms with van der Waals surface area (Å²) < 4.78 is 5.19. The lowest BCUT2D eigenvalue weighted by molar-refractivity contribution is -0.136. The van der Waals surface area contributed by atoms with Gasteiger partial charge in [0.25, 0.3) is 5.91 Å². The van der Waals surface area contributed by atoms with Crippen LogP contribution in [0.15, 0.2) is 18.5 Å². The zero-order valence-electron chi connectivity index (χ0n) is 9.78. The molecule has 0 bridgehead atoms. The number of aromatic nitrogens is 1. The van der Waals surface area contributed by atoms with Gasteiger partial charge in [0.05, 0.1) is 17.6 Å². The summed E-state index contributed by atoms with van der Waals surface area (Å²) in [7, 11) is 1.51. The molecule has 88 valence electrons. The fourth-order valence-corrected chi connectivity index (χ4v) is 1.17. The minimum atomic E-state index is -0.838. The van der Waals surface area contributed by atoms with Gasteiger partial charge in [0.2, 0.25) is 0 Å². The summed E-state index contributed by atoms with van der Waals surface area (Å²) in [5, 5.41) is 2.72. The maximum atomic E-state index is 11.9. The lowest BCUT2D eigenvalue weighted by atomic mass is 10.0. The molecule has 0 fully saturated rings. The van der Waals surface area contributed by atoms with E-state index in [1.54, 1.807) is 19.2 Å². The number of carbonyl (C=O) groups is 1. The molecule has 5 nitrogen and oxygen atoms in total. The van der Waals surface area contributed by atoms with E-state index in [4.69, 9.17) is 10.5 Å². The first-order valence-corrected chi connectivity index (χ1v) is 5.09. The van der Waals surface area contributed by atoms with Crippen molar-refractivity contribution in [2.75, 3.05) is 18.2 Å². The van der Waals surface area contributed by atoms with Gasteiger partial charge in [-0.2, -0.15) is 0 Å². The number of anilines is 2. The minimum Gasteiger partial charge on any atom is -0.396 e. The van der Waals surface area contributed by atoms with E-state index in [9.17, 15) is 4.79 Å². The Bertz CT molecular complexity index is 375. The lowest BCUT2D eigenvalue weighted by Gasteiger charge is -2.25. The number of ether oxygens (including phenoxy) is 1. The van der Waals surface area contributed by atoms with Gasteiger partial charge in [-0.05, 0) is 19.4 Å². The molecule has 1 aromatic heterocycles. The monoisotopic (exact) mass is 223 g/mol. The summed E-state index contributed by atoms with van der Waals surface area (Å²) in [5.74, 6) is -0.213. The number of methoxy groups -OCH3 is 1. The highest BCUT2D eigenvalue weighted by atomic mass is 16.5. The molecule has 0 radical (unpaired) electrons. The topological polar surface area (TPSA) is 77.2 Å². The van der Waals surface area contributed by atoms with Crippen LogP contribution in [0, 0.1) is 0 Å². The number of nitrogens with zero attached hydrogens (tertiary/aromatic N) is 1. The molecule has 5 heteroatoms. The maximum Gasteiger partial charge on any atom is 0.256 e. The summed E-state index contributed by atoms with van der Waals surface area (Å²) >= 11 is 0. The Labute approximate surface area is 95.0 Å². The van der Waals surface area contributed by atoms with Crippen molar-refractivity contribution in [3.05, 3.63) is 18.5 Å². The molecular formula is C11H17N3O2. The van der Waals surface area contributed by atoms with E-state index in [0.29, 0.717) is 17.8 Å². The second-order valence-corrected chi connectivity index (χ2v) is 3.71. The van der Waals surface area contributed by atoms with Crippen molar-refractivity contribution >= 4 is 17.3 Å². The van der Waals surface area contributed by atoms with Crippen LogP contribution in [0.4, 0.5) is 11.4 Å². The molecule has 0 aromatic carbocycles. The Morgan fingerprint density at radius 2 is 2.38 bits per heavy atom. The van der Waals surface area contributed by atoms with Gasteiger partial charge in [-0.3, -0.25) is 9.78 Å². The highest BCUT2D eigenvalue weighted by molar-refractivity contribution is 5.99. The van der Waals surface area contributed by atoms with Crippen LogP contribution in [0.5, 0.6) is 0 Å². The van der Waals surface area contributed by atoms with Crippen molar-refractivity contribution in [1.82, 2.24) is 4.98 Å². The summed E-state index contributed by atoms with van der Waals surface area (Å²) in [6.45, 7) is 3.62. The molecule has 0 saturated heterocycles. The minimum absolute atomic E-state index is 0.213. The average molecular weight is 223 g/mol. The average Bonchev–Trinajstić information content (AvgIpc) is 2.31. The third-order valence-corrected chi connectivity index (χ3v) is 2.71. The Hall–Kier alpha value is -1.62. The van der Waals surface area contributed by atoms with E-state index in [-0.39, 0.29) is 5.91 Å². The van der Waals surface area contributed by atoms with Crippen LogP contribution in [0.3, 0.4) is 0 Å². The predicted molar refractivity (Wildman–Crippen MR) is 63.0 cm³/mol. The van der Waals surface area contributed by atoms with Crippen LogP contribution in [0.1, 0.15) is 20.3 Å². The number of hydrogen-bond acceptors (Lipinski definition) is 4. The van der Waals surface area contributed by atoms with E-state index in [1.165, 1.54) is 13.3 Å². The Balaban J connectivity index is 2.83. The number of hydrogen-bond donors (Lipinski definition) is 2. The van der Waals surface area contributed by atoms with Crippen molar-refractivity contribution in [2.45, 2.75) is 25.9 Å². The quantitative estimate of drug-likeness (QED) is 0.809. The summed E-state index contributed by atoms with van der Waals surface area (Å²) in [6.07, 6.45) is 3.65. The molecule has 0 aliphatic heterocycles. The molecule has 3 N–H and O–H groups in total. The first-order chi connectivity index (χ1) is 7.53. The lowest BCUT2D eigenvalue weighted by Crippen LogP contribution is -2.41. The number of nitrogen functional groups attached to an aromatic ring is 1. The second kappa shape index (κ2) is 4.94. The summed E-state index contributed by atoms with van der Waals surface area (Å²) in [4.78, 5) is 15.8. The number of rotatable bonds is 4. The smallest absolute Gasteiger partial charge is 0.256 e. The molecule has 16 heavy (non-hydrogen) atoms. The van der Waals surface area contributed by atoms with Crippen LogP contribution in [-0.4, -0.2) is 23.6 Å². The van der Waals surface area contributed by atoms with Crippen molar-refractivity contribution < 1.29 is 9.53 Å². The number of pyridine rings is 1. The Morgan fingerprint density at radius 3 is 2.88 bits per heavy atom. The molecular weight excluding hydrogens is 206 g/mol. The zero-order chi connectivity index (χ0) is 12.2. The fraction of sp³-hybridized carbons (Fsp3) is 0.455. The van der Waals surface area contributed by atoms with Gasteiger partial charge in [0.1, 0.15) is 5.60 Å². The van der Waals surface area contributed by atoms with Crippen LogP contribution < -0.4 is 11.1 Å². The Morgan fingerprint density at radius 1 is 1.69 bits per heavy atom. The van der Waals surface area contributed by atoms with Gasteiger partial charge in [-0.1, -0.05) is 6.92 Å². The third-order valence-electron chi connectivity index (χ3n) is 2.71. The van der Waals surface area contributed by atoms with Crippen molar-refractivity contribution in [1.29, 1.82) is 0 Å². The number of nitrogens with one attached hydrogen (secondary N) is 1. The van der Waals surface area contributed by atoms with E-state index in [2.05, 4.69) is 10.3 Å². The first-order valence-electron chi connectivity index (χ1n) is 5.09. The van der Waals surface area contributed by atoms with Crippen LogP contribution in [0.2, 0.25) is 0 Å². The highest BCUT2D eigenvalue weighted by Gasteiger charge is 2.31. The van der Waals surface area contributed by atoms with Crippen LogP contribution in [0.25, 0.3) is 0 Å². The van der Waals surface area contributed by atoms with Crippen LogP contribution in [-0.2, 0) is 9.53 Å². The third kappa shape index (κ3) is 2.49. The van der Waals surface area contributed by atoms with Crippen molar-refractivity contribution in [2.24, 2.45) is 0 Å². The van der Waals surface area contributed by atoms with Gasteiger partial charge in [-0.15, -0.1) is 0 Å². The van der Waals surface area contributed by atoms with Crippen LogP contribution >= 0.6 is 0 Å². The second-order valence-electron chi connectivity index (χ2n) is 3.71. The van der Waals surface area contributed by atoms with Gasteiger partial charge >= 0.3 is 0 Å². The van der Waals surface area contributed by atoms with Crippen molar-refractivity contribution in [3.63, 3.8) is 0 Å². The first kappa shape index (κ1) is 12.4. The van der Waals surface area contributed by atoms with E-state index in [1.807, 2.05) is 6.92 Å². The van der Waals surface area contributed by atoms with Crippen molar-refractivity contribution in [3.8, 4) is 0 Å². The zero-order valence-corrected chi connectivity index (χ0v) is 9.78. The Kier molecular flexibility index (Phi) is 3.84. The normalized spacial score (nSPS) is 14.2.